The van der Waals surface area contributed by atoms with Gasteiger partial charge < -0.3 is 14.0 Å². The van der Waals surface area contributed by atoms with E-state index in [0.29, 0.717) is 30.0 Å². The molecule has 5 nitrogen and oxygen atoms in total. The van der Waals surface area contributed by atoms with Crippen LogP contribution in [0.5, 0.6) is 0 Å². The molecule has 0 N–H and O–H groups in total. The van der Waals surface area contributed by atoms with Gasteiger partial charge in [0.2, 0.25) is 0 Å². The molecule has 3 aromatic rings. The van der Waals surface area contributed by atoms with Crippen LogP contribution in [0.1, 0.15) is 42.1 Å². The zero-order valence-electron chi connectivity index (χ0n) is 17.9. The summed E-state index contributed by atoms with van der Waals surface area (Å²) in [4.78, 5) is 7.19. The molecule has 0 saturated carbocycles. The van der Waals surface area contributed by atoms with E-state index in [0.717, 1.165) is 43.8 Å². The molecule has 0 bridgehead atoms. The Hall–Kier alpha value is -2.35. The summed E-state index contributed by atoms with van der Waals surface area (Å²) in [5.74, 6) is -0.0640. The number of hydrogen-bond donors (Lipinski definition) is 0. The Morgan fingerprint density at radius 3 is 2.39 bits per heavy atom. The Morgan fingerprint density at radius 2 is 1.71 bits per heavy atom. The number of rotatable bonds is 5. The van der Waals surface area contributed by atoms with Crippen LogP contribution in [0.3, 0.4) is 0 Å². The lowest BCUT2D eigenvalue weighted by molar-refractivity contribution is -0.223. The first kappa shape index (κ1) is 20.5. The molecule has 1 aromatic heterocycles. The van der Waals surface area contributed by atoms with Crippen molar-refractivity contribution in [3.63, 3.8) is 0 Å². The summed E-state index contributed by atoms with van der Waals surface area (Å²) in [6, 6.07) is 9.87. The van der Waals surface area contributed by atoms with Crippen LogP contribution in [0.4, 0.5) is 8.78 Å². The van der Waals surface area contributed by atoms with E-state index in [2.05, 4.69) is 9.47 Å². The third-order valence-corrected chi connectivity index (χ3v) is 6.91. The number of aryl methyl sites for hydroxylation is 1. The van der Waals surface area contributed by atoms with Crippen molar-refractivity contribution in [1.82, 2.24) is 14.5 Å². The lowest BCUT2D eigenvalue weighted by Gasteiger charge is -2.36. The summed E-state index contributed by atoms with van der Waals surface area (Å²) >= 11 is 0. The van der Waals surface area contributed by atoms with Crippen LogP contribution in [0.25, 0.3) is 11.0 Å². The molecular formula is C24H27F2N3O2. The third kappa shape index (κ3) is 3.54. The second kappa shape index (κ2) is 7.97. The number of nitrogens with zero attached hydrogens (tertiary/aromatic N) is 3. The van der Waals surface area contributed by atoms with Crippen molar-refractivity contribution in [2.75, 3.05) is 27.3 Å². The van der Waals surface area contributed by atoms with Crippen LogP contribution in [-0.2, 0) is 28.4 Å². The SMILES string of the molecule is COC1(OC)CCn2c(CN3CCC(c4ccc(F)cc4)CC3)nc3cc(F)cc1c32. The fourth-order valence-electron chi connectivity index (χ4n) is 5.19. The zero-order chi connectivity index (χ0) is 21.6. The van der Waals surface area contributed by atoms with Crippen molar-refractivity contribution in [2.24, 2.45) is 0 Å². The van der Waals surface area contributed by atoms with Crippen molar-refractivity contribution < 1.29 is 18.3 Å². The third-order valence-electron chi connectivity index (χ3n) is 6.91. The number of likely N-dealkylation sites (tertiary alicyclic amines) is 1. The van der Waals surface area contributed by atoms with Crippen LogP contribution < -0.4 is 0 Å². The van der Waals surface area contributed by atoms with Gasteiger partial charge in [0.05, 0.1) is 17.6 Å². The molecule has 3 heterocycles. The molecular weight excluding hydrogens is 400 g/mol. The molecule has 2 aliphatic rings. The number of halogens is 2. The van der Waals surface area contributed by atoms with E-state index in [1.54, 1.807) is 26.4 Å². The molecule has 7 heteroatoms. The van der Waals surface area contributed by atoms with Crippen LogP contribution in [0.2, 0.25) is 0 Å². The summed E-state index contributed by atoms with van der Waals surface area (Å²) in [5, 5.41) is 0. The summed E-state index contributed by atoms with van der Waals surface area (Å²) in [6.45, 7) is 3.33. The number of benzene rings is 2. The van der Waals surface area contributed by atoms with Gasteiger partial charge in [0.15, 0.2) is 5.79 Å². The fraction of sp³-hybridized carbons (Fsp3) is 0.458. The lowest BCUT2D eigenvalue weighted by atomic mass is 9.89. The molecule has 0 spiro atoms. The van der Waals surface area contributed by atoms with Crippen LogP contribution in [-0.4, -0.2) is 41.8 Å². The summed E-state index contributed by atoms with van der Waals surface area (Å²) in [5.41, 5.74) is 3.45. The average molecular weight is 427 g/mol. The van der Waals surface area contributed by atoms with Gasteiger partial charge in [-0.05, 0) is 55.6 Å². The van der Waals surface area contributed by atoms with Gasteiger partial charge in [-0.2, -0.15) is 0 Å². The molecule has 0 unspecified atom stereocenters. The van der Waals surface area contributed by atoms with Crippen molar-refractivity contribution >= 4 is 11.0 Å². The van der Waals surface area contributed by atoms with Gasteiger partial charge in [0.25, 0.3) is 0 Å². The van der Waals surface area contributed by atoms with Crippen LogP contribution in [0.15, 0.2) is 36.4 Å². The molecule has 0 amide bonds. The molecule has 1 saturated heterocycles. The fourth-order valence-corrected chi connectivity index (χ4v) is 5.19. The van der Waals surface area contributed by atoms with Crippen molar-refractivity contribution in [2.45, 2.75) is 44.1 Å². The Balaban J connectivity index is 1.38. The van der Waals surface area contributed by atoms with E-state index in [1.807, 2.05) is 12.1 Å². The van der Waals surface area contributed by atoms with Crippen molar-refractivity contribution in [3.05, 3.63) is 65.0 Å². The Bertz CT molecular complexity index is 1080. The lowest BCUT2D eigenvalue weighted by Crippen LogP contribution is -2.37. The van der Waals surface area contributed by atoms with Crippen molar-refractivity contribution in [1.29, 1.82) is 0 Å². The van der Waals surface area contributed by atoms with Gasteiger partial charge in [0, 0.05) is 38.8 Å². The largest absolute Gasteiger partial charge is 0.349 e. The summed E-state index contributed by atoms with van der Waals surface area (Å²) < 4.78 is 41.1. The maximum atomic E-state index is 14.4. The minimum absolute atomic E-state index is 0.191. The average Bonchev–Trinajstić information content (AvgIpc) is 3.13. The van der Waals surface area contributed by atoms with E-state index in [-0.39, 0.29) is 11.6 Å². The van der Waals surface area contributed by atoms with Gasteiger partial charge in [-0.25, -0.2) is 13.8 Å². The molecule has 31 heavy (non-hydrogen) atoms. The van der Waals surface area contributed by atoms with Gasteiger partial charge >= 0.3 is 0 Å². The van der Waals surface area contributed by atoms with Crippen LogP contribution >= 0.6 is 0 Å². The second-order valence-corrected chi connectivity index (χ2v) is 8.51. The number of aromatic nitrogens is 2. The Kier molecular flexibility index (Phi) is 5.28. The maximum absolute atomic E-state index is 14.4. The highest BCUT2D eigenvalue weighted by molar-refractivity contribution is 5.81. The molecule has 5 rings (SSSR count). The number of imidazole rings is 1. The highest BCUT2D eigenvalue weighted by Gasteiger charge is 2.39. The standard InChI is InChI=1S/C24H27F2N3O2/c1-30-24(31-2)9-12-29-22(27-21-14-19(26)13-20(24)23(21)29)15-28-10-7-17(8-11-28)16-3-5-18(25)6-4-16/h3-6,13-14,17H,7-12,15H2,1-2H3. The van der Waals surface area contributed by atoms with E-state index >= 15 is 0 Å². The topological polar surface area (TPSA) is 39.5 Å². The van der Waals surface area contributed by atoms with Gasteiger partial charge in [-0.1, -0.05) is 12.1 Å². The quantitative estimate of drug-likeness (QED) is 0.561. The zero-order valence-corrected chi connectivity index (χ0v) is 17.9. The minimum Gasteiger partial charge on any atom is -0.349 e. The molecule has 0 radical (unpaired) electrons. The molecule has 2 aromatic carbocycles. The van der Waals surface area contributed by atoms with E-state index in [1.165, 1.54) is 17.7 Å². The Morgan fingerprint density at radius 1 is 1.00 bits per heavy atom. The maximum Gasteiger partial charge on any atom is 0.198 e. The van der Waals surface area contributed by atoms with Gasteiger partial charge in [-0.15, -0.1) is 0 Å². The van der Waals surface area contributed by atoms with Gasteiger partial charge in [-0.3, -0.25) is 4.90 Å². The first-order chi connectivity index (χ1) is 15.0. The minimum atomic E-state index is -0.943. The molecule has 1 fully saturated rings. The highest BCUT2D eigenvalue weighted by atomic mass is 19.1. The normalized spacial score (nSPS) is 19.2. The van der Waals surface area contributed by atoms with E-state index in [9.17, 15) is 8.78 Å². The summed E-state index contributed by atoms with van der Waals surface area (Å²) in [7, 11) is 3.19. The second-order valence-electron chi connectivity index (χ2n) is 8.51. The molecule has 0 atom stereocenters. The molecule has 164 valence electrons. The van der Waals surface area contributed by atoms with Crippen molar-refractivity contribution in [3.8, 4) is 0 Å². The first-order valence-electron chi connectivity index (χ1n) is 10.8. The van der Waals surface area contributed by atoms with Gasteiger partial charge in [0.1, 0.15) is 17.5 Å². The predicted molar refractivity (Wildman–Crippen MR) is 114 cm³/mol. The monoisotopic (exact) mass is 427 g/mol. The number of ether oxygens (including phenoxy) is 2. The first-order valence-corrected chi connectivity index (χ1v) is 10.8. The number of hydrogen-bond acceptors (Lipinski definition) is 4. The smallest absolute Gasteiger partial charge is 0.198 e. The molecule has 2 aliphatic heterocycles. The number of methoxy groups -OCH3 is 2. The van der Waals surface area contributed by atoms with Crippen LogP contribution in [0, 0.1) is 11.6 Å². The Labute approximate surface area is 180 Å². The predicted octanol–water partition coefficient (Wildman–Crippen LogP) is 4.54. The number of piperidine rings is 1. The van der Waals surface area contributed by atoms with E-state index in [4.69, 9.17) is 14.5 Å². The highest BCUT2D eigenvalue weighted by Crippen LogP contribution is 2.41. The summed E-state index contributed by atoms with van der Waals surface area (Å²) in [6.07, 6.45) is 2.66. The van der Waals surface area contributed by atoms with E-state index < -0.39 is 5.79 Å². The molecule has 0 aliphatic carbocycles.